The van der Waals surface area contributed by atoms with Crippen molar-refractivity contribution < 1.29 is 9.59 Å². The standard InChI is InChI=1S/C15H24N4O2S/c1-3-19-9-8-16-15(19)22-10-13(20)18-14(21)17-12-7-5-4-6-11(12)2/h8-9,11-12H,3-7,10H2,1-2H3,(H2,17,18,20,21)/t11-,12-/m1/s1. The number of hydrogen-bond donors (Lipinski definition) is 2. The predicted octanol–water partition coefficient (Wildman–Crippen LogP) is 2.40. The fourth-order valence-electron chi connectivity index (χ4n) is 2.70. The summed E-state index contributed by atoms with van der Waals surface area (Å²) < 4.78 is 1.96. The zero-order chi connectivity index (χ0) is 15.9. The van der Waals surface area contributed by atoms with E-state index in [0.717, 1.165) is 31.0 Å². The molecule has 1 fully saturated rings. The number of hydrogen-bond acceptors (Lipinski definition) is 4. The summed E-state index contributed by atoms with van der Waals surface area (Å²) in [5, 5.41) is 6.11. The Morgan fingerprint density at radius 1 is 1.41 bits per heavy atom. The van der Waals surface area contributed by atoms with Crippen LogP contribution >= 0.6 is 11.8 Å². The first kappa shape index (κ1) is 16.9. The number of imide groups is 1. The van der Waals surface area contributed by atoms with Gasteiger partial charge in [0.25, 0.3) is 0 Å². The maximum absolute atomic E-state index is 11.9. The molecule has 1 heterocycles. The van der Waals surface area contributed by atoms with Crippen LogP contribution in [-0.4, -0.2) is 33.3 Å². The number of nitrogens with zero attached hydrogens (tertiary/aromatic N) is 2. The Morgan fingerprint density at radius 2 is 2.18 bits per heavy atom. The summed E-state index contributed by atoms with van der Waals surface area (Å²) in [6, 6.07) is -0.212. The summed E-state index contributed by atoms with van der Waals surface area (Å²) in [4.78, 5) is 27.9. The van der Waals surface area contributed by atoms with E-state index in [4.69, 9.17) is 0 Å². The van der Waals surface area contributed by atoms with Gasteiger partial charge in [-0.2, -0.15) is 0 Å². The summed E-state index contributed by atoms with van der Waals surface area (Å²) in [5.41, 5.74) is 0. The lowest BCUT2D eigenvalue weighted by Crippen LogP contribution is -2.48. The highest BCUT2D eigenvalue weighted by molar-refractivity contribution is 7.99. The van der Waals surface area contributed by atoms with E-state index in [2.05, 4.69) is 22.5 Å². The molecule has 0 bridgehead atoms. The van der Waals surface area contributed by atoms with Crippen LogP contribution in [-0.2, 0) is 11.3 Å². The Bertz CT molecular complexity index is 517. The number of carbonyl (C=O) groups excluding carboxylic acids is 2. The van der Waals surface area contributed by atoms with E-state index >= 15 is 0 Å². The number of nitrogens with one attached hydrogen (secondary N) is 2. The summed E-state index contributed by atoms with van der Waals surface area (Å²) >= 11 is 1.33. The van der Waals surface area contributed by atoms with Crippen molar-refractivity contribution in [3.8, 4) is 0 Å². The summed E-state index contributed by atoms with van der Waals surface area (Å²) in [6.45, 7) is 4.97. The quantitative estimate of drug-likeness (QED) is 0.816. The fraction of sp³-hybridized carbons (Fsp3) is 0.667. The van der Waals surface area contributed by atoms with Crippen molar-refractivity contribution >= 4 is 23.7 Å². The molecule has 1 aromatic rings. The lowest BCUT2D eigenvalue weighted by molar-refractivity contribution is -0.117. The van der Waals surface area contributed by atoms with Gasteiger partial charge in [0, 0.05) is 25.0 Å². The lowest BCUT2D eigenvalue weighted by Gasteiger charge is -2.29. The van der Waals surface area contributed by atoms with Gasteiger partial charge in [-0.3, -0.25) is 10.1 Å². The first-order valence-corrected chi connectivity index (χ1v) is 8.83. The lowest BCUT2D eigenvalue weighted by atomic mass is 9.86. The van der Waals surface area contributed by atoms with E-state index in [-0.39, 0.29) is 23.7 Å². The van der Waals surface area contributed by atoms with Gasteiger partial charge < -0.3 is 9.88 Å². The van der Waals surface area contributed by atoms with Crippen molar-refractivity contribution in [1.82, 2.24) is 20.2 Å². The molecule has 7 heteroatoms. The summed E-state index contributed by atoms with van der Waals surface area (Å²) in [5.74, 6) is 0.364. The molecule has 1 saturated carbocycles. The SMILES string of the molecule is CCn1ccnc1SCC(=O)NC(=O)N[C@@H]1CCCC[C@H]1C. The van der Waals surface area contributed by atoms with Crippen molar-refractivity contribution in [3.63, 3.8) is 0 Å². The van der Waals surface area contributed by atoms with Crippen LogP contribution in [0.1, 0.15) is 39.5 Å². The molecule has 6 nitrogen and oxygen atoms in total. The molecule has 0 unspecified atom stereocenters. The topological polar surface area (TPSA) is 76.0 Å². The molecule has 1 aliphatic carbocycles. The smallest absolute Gasteiger partial charge is 0.321 e. The van der Waals surface area contributed by atoms with Crippen LogP contribution < -0.4 is 10.6 Å². The fourth-order valence-corrected chi connectivity index (χ4v) is 3.53. The minimum atomic E-state index is -0.386. The van der Waals surface area contributed by atoms with Gasteiger partial charge in [0.05, 0.1) is 5.75 Å². The normalized spacial score (nSPS) is 21.4. The molecule has 122 valence electrons. The molecule has 2 N–H and O–H groups in total. The van der Waals surface area contributed by atoms with Gasteiger partial charge in [-0.15, -0.1) is 0 Å². The number of imidazole rings is 1. The van der Waals surface area contributed by atoms with Crippen molar-refractivity contribution in [3.05, 3.63) is 12.4 Å². The molecular weight excluding hydrogens is 300 g/mol. The molecule has 2 atom stereocenters. The highest BCUT2D eigenvalue weighted by atomic mass is 32.2. The number of rotatable bonds is 5. The number of amides is 3. The molecule has 1 aliphatic rings. The molecule has 0 saturated heterocycles. The molecule has 2 rings (SSSR count). The van der Waals surface area contributed by atoms with E-state index in [1.807, 2.05) is 17.7 Å². The second-order valence-electron chi connectivity index (χ2n) is 5.67. The first-order chi connectivity index (χ1) is 10.6. The van der Waals surface area contributed by atoms with Gasteiger partial charge in [0.2, 0.25) is 5.91 Å². The maximum atomic E-state index is 11.9. The third kappa shape index (κ3) is 4.76. The Morgan fingerprint density at radius 3 is 2.91 bits per heavy atom. The molecule has 22 heavy (non-hydrogen) atoms. The number of urea groups is 1. The van der Waals surface area contributed by atoms with Crippen LogP contribution in [0.25, 0.3) is 0 Å². The van der Waals surface area contributed by atoms with Crippen LogP contribution in [0.5, 0.6) is 0 Å². The minimum Gasteiger partial charge on any atom is -0.335 e. The van der Waals surface area contributed by atoms with E-state index in [1.165, 1.54) is 18.2 Å². The predicted molar refractivity (Wildman–Crippen MR) is 86.7 cm³/mol. The third-order valence-electron chi connectivity index (χ3n) is 4.03. The van der Waals surface area contributed by atoms with Crippen molar-refractivity contribution in [2.45, 2.75) is 57.3 Å². The Kier molecular flexibility index (Phi) is 6.30. The van der Waals surface area contributed by atoms with Gasteiger partial charge >= 0.3 is 6.03 Å². The largest absolute Gasteiger partial charge is 0.335 e. The van der Waals surface area contributed by atoms with Crippen LogP contribution in [0.15, 0.2) is 17.6 Å². The van der Waals surface area contributed by atoms with E-state index < -0.39 is 0 Å². The molecule has 0 aliphatic heterocycles. The second-order valence-corrected chi connectivity index (χ2v) is 6.62. The Hall–Kier alpha value is -1.50. The molecule has 0 radical (unpaired) electrons. The molecular formula is C15H24N4O2S. The average molecular weight is 324 g/mol. The molecule has 0 aromatic carbocycles. The zero-order valence-corrected chi connectivity index (χ0v) is 14.0. The van der Waals surface area contributed by atoms with Crippen LogP contribution in [0, 0.1) is 5.92 Å². The monoisotopic (exact) mass is 324 g/mol. The number of thioether (sulfide) groups is 1. The minimum absolute atomic E-state index is 0.174. The Labute approximate surface area is 135 Å². The summed E-state index contributed by atoms with van der Waals surface area (Å²) in [6.07, 6.45) is 8.07. The number of carbonyl (C=O) groups is 2. The molecule has 3 amide bonds. The second kappa shape index (κ2) is 8.22. The van der Waals surface area contributed by atoms with Gasteiger partial charge in [0.1, 0.15) is 0 Å². The van der Waals surface area contributed by atoms with Gasteiger partial charge in [-0.25, -0.2) is 9.78 Å². The highest BCUT2D eigenvalue weighted by Crippen LogP contribution is 2.23. The van der Waals surface area contributed by atoms with E-state index in [1.54, 1.807) is 6.20 Å². The van der Waals surface area contributed by atoms with Crippen molar-refractivity contribution in [1.29, 1.82) is 0 Å². The molecule has 1 aromatic heterocycles. The summed E-state index contributed by atoms with van der Waals surface area (Å²) in [7, 11) is 0. The maximum Gasteiger partial charge on any atom is 0.321 e. The van der Waals surface area contributed by atoms with Crippen LogP contribution in [0.2, 0.25) is 0 Å². The van der Waals surface area contributed by atoms with E-state index in [0.29, 0.717) is 5.92 Å². The van der Waals surface area contributed by atoms with E-state index in [9.17, 15) is 9.59 Å². The van der Waals surface area contributed by atoms with Crippen molar-refractivity contribution in [2.75, 3.05) is 5.75 Å². The van der Waals surface area contributed by atoms with Crippen LogP contribution in [0.4, 0.5) is 4.79 Å². The average Bonchev–Trinajstić information content (AvgIpc) is 2.95. The van der Waals surface area contributed by atoms with Crippen LogP contribution in [0.3, 0.4) is 0 Å². The first-order valence-electron chi connectivity index (χ1n) is 7.84. The molecule has 0 spiro atoms. The number of aromatic nitrogens is 2. The highest BCUT2D eigenvalue weighted by Gasteiger charge is 2.23. The zero-order valence-electron chi connectivity index (χ0n) is 13.2. The number of aryl methyl sites for hydroxylation is 1. The van der Waals surface area contributed by atoms with Gasteiger partial charge in [-0.05, 0) is 25.7 Å². The van der Waals surface area contributed by atoms with Crippen molar-refractivity contribution in [2.24, 2.45) is 5.92 Å². The third-order valence-corrected chi connectivity index (χ3v) is 5.04. The Balaban J connectivity index is 1.73. The van der Waals surface area contributed by atoms with Gasteiger partial charge in [0.15, 0.2) is 5.16 Å². The van der Waals surface area contributed by atoms with Gasteiger partial charge in [-0.1, -0.05) is 31.5 Å².